The van der Waals surface area contributed by atoms with Crippen LogP contribution >= 0.6 is 0 Å². The predicted octanol–water partition coefficient (Wildman–Crippen LogP) is 3.26. The van der Waals surface area contributed by atoms with E-state index < -0.39 is 73.2 Å². The minimum atomic E-state index is -3.56. The second-order valence-electron chi connectivity index (χ2n) is 16.7. The number of nitrogens with one attached hydrogen (secondary N) is 4. The van der Waals surface area contributed by atoms with E-state index in [0.29, 0.717) is 25.8 Å². The molecule has 0 aromatic carbocycles. The van der Waals surface area contributed by atoms with Crippen molar-refractivity contribution < 1.29 is 32.4 Å². The van der Waals surface area contributed by atoms with E-state index in [9.17, 15) is 32.4 Å². The highest BCUT2D eigenvalue weighted by Gasteiger charge is 2.70. The first-order valence-corrected chi connectivity index (χ1v) is 19.0. The number of sulfone groups is 1. The minimum Gasteiger partial charge on any atom is -0.346 e. The number of nitrogens with zero attached hydrogens (tertiary/aromatic N) is 1. The van der Waals surface area contributed by atoms with Gasteiger partial charge >= 0.3 is 6.03 Å². The van der Waals surface area contributed by atoms with E-state index in [-0.39, 0.29) is 36.0 Å². The fourth-order valence-corrected chi connectivity index (χ4v) is 8.90. The Bertz CT molecular complexity index is 1370. The molecule has 2 aliphatic carbocycles. The molecule has 1 saturated heterocycles. The molecule has 3 fully saturated rings. The van der Waals surface area contributed by atoms with Crippen LogP contribution in [-0.2, 0) is 29.0 Å². The lowest BCUT2D eigenvalue weighted by atomic mass is 9.83. The van der Waals surface area contributed by atoms with Gasteiger partial charge in [0.05, 0.1) is 22.1 Å². The Morgan fingerprint density at radius 1 is 0.979 bits per heavy atom. The molecule has 1 heterocycles. The number of carbonyl (C=O) groups excluding carboxylic acids is 5. The Morgan fingerprint density at radius 2 is 1.58 bits per heavy atom. The van der Waals surface area contributed by atoms with Gasteiger partial charge < -0.3 is 26.2 Å². The van der Waals surface area contributed by atoms with Gasteiger partial charge in [-0.3, -0.25) is 19.2 Å². The lowest BCUT2D eigenvalue weighted by molar-refractivity contribution is -0.145. The van der Waals surface area contributed by atoms with E-state index in [2.05, 4.69) is 27.8 Å². The molecule has 0 spiro atoms. The molecule has 0 aromatic rings. The van der Waals surface area contributed by atoms with Crippen molar-refractivity contribution >= 4 is 39.4 Å². The maximum atomic E-state index is 14.4. The molecule has 272 valence electrons. The zero-order valence-electron chi connectivity index (χ0n) is 30.5. The molecule has 13 heteroatoms. The molecule has 1 aliphatic heterocycles. The van der Waals surface area contributed by atoms with Crippen LogP contribution in [0.2, 0.25) is 0 Å². The average molecular weight is 694 g/mol. The smallest absolute Gasteiger partial charge is 0.315 e. The summed E-state index contributed by atoms with van der Waals surface area (Å²) in [7, 11) is -3.56. The monoisotopic (exact) mass is 693 g/mol. The molecule has 5 amide bonds. The molecule has 0 aromatic heterocycles. The quantitative estimate of drug-likeness (QED) is 0.169. The van der Waals surface area contributed by atoms with Crippen LogP contribution in [0.25, 0.3) is 0 Å². The van der Waals surface area contributed by atoms with Gasteiger partial charge in [-0.25, -0.2) is 13.2 Å². The number of hydrogen-bond donors (Lipinski definition) is 4. The van der Waals surface area contributed by atoms with E-state index in [1.807, 2.05) is 41.5 Å². The van der Waals surface area contributed by atoms with E-state index in [4.69, 9.17) is 0 Å². The van der Waals surface area contributed by atoms with Crippen molar-refractivity contribution in [3.63, 3.8) is 0 Å². The Labute approximate surface area is 287 Å². The topological polar surface area (TPSA) is 171 Å². The number of hydrogen-bond acceptors (Lipinski definition) is 7. The van der Waals surface area contributed by atoms with Crippen LogP contribution in [0.3, 0.4) is 0 Å². The number of carbonyl (C=O) groups is 5. The van der Waals surface area contributed by atoms with Gasteiger partial charge in [-0.05, 0) is 62.7 Å². The first-order valence-electron chi connectivity index (χ1n) is 17.4. The standard InChI is InChI=1S/C35H59N5O7S/c1-11-16-23(26(41)29(43)36-19-12-2)37-28(42)25-24-22(34(24,9)10)20-40(25)30(44)27(32(3,4)5)38-31(45)39-35(17-14-13-15-18-35)21-48(46,47)33(6,7)8/h12,22-25,27H,2,11,13-21H2,1,3-10H3,(H,36,43)(H,37,42)(H2,38,39,45)/t22-,23?,24-,25-,27+/m0/s1. The van der Waals surface area contributed by atoms with Gasteiger partial charge in [-0.2, -0.15) is 0 Å². The number of Topliss-reactive ketones (excluding diaryl/α,β-unsaturated/α-hetero) is 1. The van der Waals surface area contributed by atoms with Crippen LogP contribution in [0, 0.1) is 22.7 Å². The van der Waals surface area contributed by atoms with Gasteiger partial charge in [-0.15, -0.1) is 6.58 Å². The fourth-order valence-electron chi connectivity index (χ4n) is 7.37. The van der Waals surface area contributed by atoms with Crippen molar-refractivity contribution in [2.45, 2.75) is 136 Å². The van der Waals surface area contributed by atoms with Crippen molar-refractivity contribution in [2.24, 2.45) is 22.7 Å². The zero-order chi connectivity index (χ0) is 36.5. The van der Waals surface area contributed by atoms with Crippen molar-refractivity contribution in [2.75, 3.05) is 18.8 Å². The second-order valence-corrected chi connectivity index (χ2v) is 19.5. The lowest BCUT2D eigenvalue weighted by Crippen LogP contribution is -2.64. The summed E-state index contributed by atoms with van der Waals surface area (Å²) in [4.78, 5) is 69.0. The summed E-state index contributed by atoms with van der Waals surface area (Å²) in [6.07, 6.45) is 5.79. The SMILES string of the molecule is C=CCNC(=O)C(=O)C(CCC)NC(=O)[C@@H]1[C@@H]2[C@H](CN1C(=O)[C@@H](NC(=O)NC1(CS(=O)(=O)C(C)(C)C)CCCCC1)C(C)(C)C)C2(C)C. The third kappa shape index (κ3) is 8.60. The molecule has 3 aliphatic rings. The number of urea groups is 1. The van der Waals surface area contributed by atoms with Gasteiger partial charge in [-0.1, -0.05) is 73.3 Å². The number of piperidine rings is 1. The molecule has 3 rings (SSSR count). The van der Waals surface area contributed by atoms with Crippen LogP contribution < -0.4 is 21.3 Å². The van der Waals surface area contributed by atoms with Gasteiger partial charge in [0.1, 0.15) is 12.1 Å². The predicted molar refractivity (Wildman–Crippen MR) is 186 cm³/mol. The van der Waals surface area contributed by atoms with E-state index in [0.717, 1.165) is 19.3 Å². The first-order chi connectivity index (χ1) is 22.0. The van der Waals surface area contributed by atoms with Gasteiger partial charge in [0, 0.05) is 13.1 Å². The summed E-state index contributed by atoms with van der Waals surface area (Å²) in [5.41, 5.74) is -1.93. The third-order valence-electron chi connectivity index (χ3n) is 10.6. The maximum absolute atomic E-state index is 14.4. The molecule has 4 N–H and O–H groups in total. The van der Waals surface area contributed by atoms with Gasteiger partial charge in [0.2, 0.25) is 17.6 Å². The molecule has 2 saturated carbocycles. The van der Waals surface area contributed by atoms with Gasteiger partial charge in [0.15, 0.2) is 9.84 Å². The first kappa shape index (κ1) is 39.5. The third-order valence-corrected chi connectivity index (χ3v) is 13.4. The molecule has 12 nitrogen and oxygen atoms in total. The highest BCUT2D eigenvalue weighted by atomic mass is 32.2. The van der Waals surface area contributed by atoms with Crippen LogP contribution in [0.15, 0.2) is 12.7 Å². The Kier molecular flexibility index (Phi) is 11.9. The Hall–Kier alpha value is -2.96. The Morgan fingerprint density at radius 3 is 2.10 bits per heavy atom. The molecule has 0 radical (unpaired) electrons. The molecular weight excluding hydrogens is 634 g/mol. The maximum Gasteiger partial charge on any atom is 0.315 e. The summed E-state index contributed by atoms with van der Waals surface area (Å²) in [5.74, 6) is -2.80. The van der Waals surface area contributed by atoms with E-state index >= 15 is 0 Å². The molecule has 0 bridgehead atoms. The number of fused-ring (bicyclic) bond motifs is 1. The summed E-state index contributed by atoms with van der Waals surface area (Å²) in [6, 6.07) is -3.61. The average Bonchev–Trinajstić information content (AvgIpc) is 3.28. The van der Waals surface area contributed by atoms with Crippen molar-refractivity contribution in [3.05, 3.63) is 12.7 Å². The number of likely N-dealkylation sites (tertiary alicyclic amines) is 1. The molecular formula is C35H59N5O7S. The molecule has 48 heavy (non-hydrogen) atoms. The van der Waals surface area contributed by atoms with Crippen LogP contribution in [0.4, 0.5) is 4.79 Å². The highest BCUT2D eigenvalue weighted by molar-refractivity contribution is 7.92. The lowest BCUT2D eigenvalue weighted by Gasteiger charge is -2.41. The number of rotatable bonds is 13. The van der Waals surface area contributed by atoms with Gasteiger partial charge in [0.25, 0.3) is 5.91 Å². The number of amides is 5. The highest BCUT2D eigenvalue weighted by Crippen LogP contribution is 2.65. The van der Waals surface area contributed by atoms with E-state index in [1.54, 1.807) is 20.8 Å². The van der Waals surface area contributed by atoms with Crippen molar-refractivity contribution in [3.8, 4) is 0 Å². The summed E-state index contributed by atoms with van der Waals surface area (Å²) >= 11 is 0. The van der Waals surface area contributed by atoms with E-state index in [1.165, 1.54) is 11.0 Å². The van der Waals surface area contributed by atoms with Crippen molar-refractivity contribution in [1.82, 2.24) is 26.2 Å². The normalized spacial score (nSPS) is 24.4. The minimum absolute atomic E-state index is 0.0518. The number of ketones is 1. The Balaban J connectivity index is 1.85. The fraction of sp³-hybridized carbons (Fsp3) is 0.800. The largest absolute Gasteiger partial charge is 0.346 e. The second kappa shape index (κ2) is 14.5. The van der Waals surface area contributed by atoms with Crippen molar-refractivity contribution in [1.29, 1.82) is 0 Å². The zero-order valence-corrected chi connectivity index (χ0v) is 31.3. The van der Waals surface area contributed by atoms with Crippen LogP contribution in [0.5, 0.6) is 0 Å². The molecule has 5 atom stereocenters. The molecule has 1 unspecified atom stereocenters. The van der Waals surface area contributed by atoms with Crippen LogP contribution in [0.1, 0.15) is 107 Å². The van der Waals surface area contributed by atoms with Crippen LogP contribution in [-0.4, -0.2) is 90.1 Å². The summed E-state index contributed by atoms with van der Waals surface area (Å²) < 4.78 is 25.6. The summed E-state index contributed by atoms with van der Waals surface area (Å²) in [6.45, 7) is 20.3. The summed E-state index contributed by atoms with van der Waals surface area (Å²) in [5, 5.41) is 11.1.